The number of benzene rings is 3. The lowest BCUT2D eigenvalue weighted by Gasteiger charge is -2.11. The number of oxazole rings is 1. The number of anilines is 1. The van der Waals surface area contributed by atoms with Gasteiger partial charge in [0.1, 0.15) is 5.52 Å². The molecule has 134 valence electrons. The van der Waals surface area contributed by atoms with Gasteiger partial charge in [0.05, 0.1) is 10.6 Å². The lowest BCUT2D eigenvalue weighted by Crippen LogP contribution is -2.13. The molecule has 6 heteroatoms. The Morgan fingerprint density at radius 1 is 1.04 bits per heavy atom. The number of para-hydroxylation sites is 2. The van der Waals surface area contributed by atoms with Gasteiger partial charge in [-0.3, -0.25) is 4.79 Å². The Kier molecular flexibility index (Phi) is 4.60. The average molecular weight is 397 g/mol. The van der Waals surface area contributed by atoms with Crippen molar-refractivity contribution in [3.63, 3.8) is 0 Å². The molecule has 1 amide bonds. The van der Waals surface area contributed by atoms with Crippen LogP contribution in [0.1, 0.15) is 15.9 Å². The Bertz CT molecular complexity index is 1140. The van der Waals surface area contributed by atoms with Crippen molar-refractivity contribution in [2.75, 3.05) is 5.32 Å². The Labute approximate surface area is 165 Å². The van der Waals surface area contributed by atoms with Crippen LogP contribution in [0.15, 0.2) is 65.1 Å². The smallest absolute Gasteiger partial charge is 0.257 e. The summed E-state index contributed by atoms with van der Waals surface area (Å²) in [7, 11) is 0. The zero-order valence-corrected chi connectivity index (χ0v) is 15.8. The molecule has 0 saturated carbocycles. The third kappa shape index (κ3) is 3.42. The first-order valence-corrected chi connectivity index (χ1v) is 9.00. The van der Waals surface area contributed by atoms with Crippen LogP contribution < -0.4 is 5.32 Å². The maximum absolute atomic E-state index is 12.6. The Morgan fingerprint density at radius 3 is 2.63 bits per heavy atom. The van der Waals surface area contributed by atoms with Gasteiger partial charge in [0.25, 0.3) is 5.91 Å². The second-order valence-corrected chi connectivity index (χ2v) is 6.89. The van der Waals surface area contributed by atoms with Crippen LogP contribution in [0.3, 0.4) is 0 Å². The monoisotopic (exact) mass is 396 g/mol. The predicted molar refractivity (Wildman–Crippen MR) is 109 cm³/mol. The number of halogens is 2. The molecule has 4 nitrogen and oxygen atoms in total. The van der Waals surface area contributed by atoms with E-state index < -0.39 is 0 Å². The number of hydrogen-bond acceptors (Lipinski definition) is 3. The summed E-state index contributed by atoms with van der Waals surface area (Å²) in [5.74, 6) is 0.198. The molecule has 4 aromatic rings. The summed E-state index contributed by atoms with van der Waals surface area (Å²) in [6, 6.07) is 17.9. The number of carbonyl (C=O) groups is 1. The van der Waals surface area contributed by atoms with Gasteiger partial charge >= 0.3 is 0 Å². The van der Waals surface area contributed by atoms with Gasteiger partial charge in [-0.15, -0.1) is 0 Å². The first kappa shape index (κ1) is 17.6. The van der Waals surface area contributed by atoms with Crippen molar-refractivity contribution in [3.05, 3.63) is 81.8 Å². The number of aromatic nitrogens is 1. The summed E-state index contributed by atoms with van der Waals surface area (Å²) in [6.07, 6.45) is 0. The minimum absolute atomic E-state index is 0.299. The first-order valence-electron chi connectivity index (χ1n) is 8.25. The van der Waals surface area contributed by atoms with E-state index in [2.05, 4.69) is 10.3 Å². The Morgan fingerprint density at radius 2 is 1.85 bits per heavy atom. The SMILES string of the molecule is Cc1c(NC(=O)c2ccc(Cl)cc2Cl)cccc1-c1nc2ccccc2o1. The topological polar surface area (TPSA) is 55.1 Å². The average Bonchev–Trinajstić information content (AvgIpc) is 3.07. The number of amides is 1. The summed E-state index contributed by atoms with van der Waals surface area (Å²) in [4.78, 5) is 17.1. The molecular weight excluding hydrogens is 383 g/mol. The van der Waals surface area contributed by atoms with Crippen molar-refractivity contribution in [1.82, 2.24) is 4.98 Å². The highest BCUT2D eigenvalue weighted by Gasteiger charge is 2.16. The van der Waals surface area contributed by atoms with Crippen LogP contribution in [-0.2, 0) is 0 Å². The molecule has 0 bridgehead atoms. The highest BCUT2D eigenvalue weighted by atomic mass is 35.5. The molecule has 0 fully saturated rings. The largest absolute Gasteiger partial charge is 0.436 e. The van der Waals surface area contributed by atoms with E-state index in [1.165, 1.54) is 0 Å². The van der Waals surface area contributed by atoms with Crippen LogP contribution in [0.5, 0.6) is 0 Å². The number of carbonyl (C=O) groups excluding carboxylic acids is 1. The molecule has 0 aliphatic heterocycles. The van der Waals surface area contributed by atoms with Crippen molar-refractivity contribution < 1.29 is 9.21 Å². The summed E-state index contributed by atoms with van der Waals surface area (Å²) in [6.45, 7) is 1.91. The zero-order chi connectivity index (χ0) is 19.0. The molecule has 0 aliphatic carbocycles. The van der Waals surface area contributed by atoms with Gasteiger partial charge in [0.15, 0.2) is 5.58 Å². The summed E-state index contributed by atoms with van der Waals surface area (Å²) in [5, 5.41) is 3.67. The molecular formula is C21H14Cl2N2O2. The van der Waals surface area contributed by atoms with Gasteiger partial charge < -0.3 is 9.73 Å². The van der Waals surface area contributed by atoms with E-state index in [1.807, 2.05) is 49.4 Å². The molecule has 1 N–H and O–H groups in total. The second-order valence-electron chi connectivity index (χ2n) is 6.04. The van der Waals surface area contributed by atoms with E-state index in [9.17, 15) is 4.79 Å². The van der Waals surface area contributed by atoms with Gasteiger partial charge in [-0.2, -0.15) is 0 Å². The standard InChI is InChI=1S/C21H14Cl2N2O2/c1-12-14(21-25-18-6-2-3-8-19(18)27-21)5-4-7-17(12)24-20(26)15-10-9-13(22)11-16(15)23/h2-11H,1H3,(H,24,26). The van der Waals surface area contributed by atoms with Gasteiger partial charge in [-0.25, -0.2) is 4.98 Å². The molecule has 0 saturated heterocycles. The van der Waals surface area contributed by atoms with E-state index in [0.29, 0.717) is 32.8 Å². The lowest BCUT2D eigenvalue weighted by atomic mass is 10.1. The normalized spacial score (nSPS) is 10.9. The zero-order valence-electron chi connectivity index (χ0n) is 14.3. The van der Waals surface area contributed by atoms with Gasteiger partial charge in [-0.05, 0) is 55.0 Å². The quantitative estimate of drug-likeness (QED) is 0.438. The van der Waals surface area contributed by atoms with E-state index in [-0.39, 0.29) is 5.91 Å². The number of fused-ring (bicyclic) bond motifs is 1. The predicted octanol–water partition coefficient (Wildman–Crippen LogP) is 6.36. The second kappa shape index (κ2) is 7.06. The number of nitrogens with one attached hydrogen (secondary N) is 1. The van der Waals surface area contributed by atoms with Gasteiger partial charge in [0.2, 0.25) is 5.89 Å². The maximum Gasteiger partial charge on any atom is 0.257 e. The molecule has 3 aromatic carbocycles. The van der Waals surface area contributed by atoms with E-state index >= 15 is 0 Å². The van der Waals surface area contributed by atoms with Crippen molar-refractivity contribution >= 4 is 45.9 Å². The van der Waals surface area contributed by atoms with Crippen molar-refractivity contribution in [1.29, 1.82) is 0 Å². The van der Waals surface area contributed by atoms with Crippen LogP contribution in [0.2, 0.25) is 10.0 Å². The van der Waals surface area contributed by atoms with E-state index in [4.69, 9.17) is 27.6 Å². The molecule has 27 heavy (non-hydrogen) atoms. The van der Waals surface area contributed by atoms with E-state index in [1.54, 1.807) is 18.2 Å². The summed E-state index contributed by atoms with van der Waals surface area (Å²) >= 11 is 12.0. The fourth-order valence-electron chi connectivity index (χ4n) is 2.85. The fourth-order valence-corrected chi connectivity index (χ4v) is 3.35. The minimum atomic E-state index is -0.311. The summed E-state index contributed by atoms with van der Waals surface area (Å²) < 4.78 is 5.85. The Balaban J connectivity index is 1.68. The number of rotatable bonds is 3. The molecule has 0 atom stereocenters. The van der Waals surface area contributed by atoms with Crippen molar-refractivity contribution in [2.24, 2.45) is 0 Å². The molecule has 0 unspecified atom stereocenters. The summed E-state index contributed by atoms with van der Waals surface area (Å²) in [5.41, 5.74) is 4.18. The molecule has 0 radical (unpaired) electrons. The van der Waals surface area contributed by atoms with Crippen molar-refractivity contribution in [2.45, 2.75) is 6.92 Å². The lowest BCUT2D eigenvalue weighted by molar-refractivity contribution is 0.102. The molecule has 0 aliphatic rings. The van der Waals surface area contributed by atoms with Crippen LogP contribution in [0.25, 0.3) is 22.6 Å². The number of nitrogens with zero attached hydrogens (tertiary/aromatic N) is 1. The van der Waals surface area contributed by atoms with Crippen LogP contribution in [-0.4, -0.2) is 10.9 Å². The molecule has 1 aromatic heterocycles. The van der Waals surface area contributed by atoms with Crippen molar-refractivity contribution in [3.8, 4) is 11.5 Å². The van der Waals surface area contributed by atoms with E-state index in [0.717, 1.165) is 16.6 Å². The Hall–Kier alpha value is -2.82. The molecule has 4 rings (SSSR count). The third-order valence-electron chi connectivity index (χ3n) is 4.28. The van der Waals surface area contributed by atoms with Crippen LogP contribution in [0.4, 0.5) is 5.69 Å². The number of hydrogen-bond donors (Lipinski definition) is 1. The highest BCUT2D eigenvalue weighted by Crippen LogP contribution is 2.31. The fraction of sp³-hybridized carbons (Fsp3) is 0.0476. The third-order valence-corrected chi connectivity index (χ3v) is 4.83. The first-order chi connectivity index (χ1) is 13.0. The maximum atomic E-state index is 12.6. The van der Waals surface area contributed by atoms with Gasteiger partial charge in [0, 0.05) is 16.3 Å². The van der Waals surface area contributed by atoms with Gasteiger partial charge in [-0.1, -0.05) is 41.4 Å². The highest BCUT2D eigenvalue weighted by molar-refractivity contribution is 6.37. The molecule has 0 spiro atoms. The molecule has 1 heterocycles. The van der Waals surface area contributed by atoms with Crippen LogP contribution >= 0.6 is 23.2 Å². The van der Waals surface area contributed by atoms with Crippen LogP contribution in [0, 0.1) is 6.92 Å². The minimum Gasteiger partial charge on any atom is -0.436 e.